The fourth-order valence-corrected chi connectivity index (χ4v) is 2.99. The largest absolute Gasteiger partial charge is 0.360 e. The maximum Gasteiger partial charge on any atom is 0.234 e. The molecule has 2 rings (SSSR count). The van der Waals surface area contributed by atoms with Gasteiger partial charge >= 0.3 is 0 Å². The minimum Gasteiger partial charge on any atom is -0.360 e. The number of hydrogen-bond donors (Lipinski definition) is 2. The summed E-state index contributed by atoms with van der Waals surface area (Å²) in [5.74, 6) is -0.564. The highest BCUT2D eigenvalue weighted by Gasteiger charge is 2.09. The lowest BCUT2D eigenvalue weighted by molar-refractivity contribution is -0.113. The van der Waals surface area contributed by atoms with Crippen molar-refractivity contribution in [2.45, 2.75) is 11.3 Å². The quantitative estimate of drug-likeness (QED) is 0.803. The molecule has 0 aliphatic rings. The lowest BCUT2D eigenvalue weighted by atomic mass is 10.3. The Labute approximate surface area is 124 Å². The molecule has 8 heteroatoms. The lowest BCUT2D eigenvalue weighted by Crippen LogP contribution is -2.14. The first kappa shape index (κ1) is 14.7. The highest BCUT2D eigenvalue weighted by Crippen LogP contribution is 2.25. The average Bonchev–Trinajstić information content (AvgIpc) is 2.87. The third kappa shape index (κ3) is 4.17. The van der Waals surface area contributed by atoms with Gasteiger partial charge in [0.2, 0.25) is 11.0 Å². The molecule has 0 unspecified atom stereocenters. The minimum absolute atomic E-state index is 0.162. The zero-order valence-corrected chi connectivity index (χ0v) is 12.4. The third-order valence-electron chi connectivity index (χ3n) is 2.21. The first-order chi connectivity index (χ1) is 9.69. The number of nitrogens with one attached hydrogen (secondary N) is 2. The predicted octanol–water partition coefficient (Wildman–Crippen LogP) is 2.84. The summed E-state index contributed by atoms with van der Waals surface area (Å²) in [7, 11) is 0. The van der Waals surface area contributed by atoms with Gasteiger partial charge in [-0.25, -0.2) is 4.39 Å². The molecule has 5 nitrogen and oxygen atoms in total. The van der Waals surface area contributed by atoms with Crippen LogP contribution >= 0.6 is 23.1 Å². The van der Waals surface area contributed by atoms with Crippen LogP contribution in [0.4, 0.5) is 15.2 Å². The molecule has 0 saturated carbocycles. The monoisotopic (exact) mass is 312 g/mol. The molecule has 2 aromatic rings. The highest BCUT2D eigenvalue weighted by atomic mass is 32.2. The molecule has 20 heavy (non-hydrogen) atoms. The Bertz CT molecular complexity index is 590. The van der Waals surface area contributed by atoms with Crippen molar-refractivity contribution in [1.82, 2.24) is 10.2 Å². The molecule has 0 aliphatic heterocycles. The maximum absolute atomic E-state index is 13.4. The number of carbonyl (C=O) groups is 1. The van der Waals surface area contributed by atoms with Gasteiger partial charge in [-0.05, 0) is 19.1 Å². The molecule has 0 bridgehead atoms. The molecule has 1 aromatic heterocycles. The van der Waals surface area contributed by atoms with E-state index in [0.29, 0.717) is 4.34 Å². The number of anilines is 2. The van der Waals surface area contributed by atoms with Crippen LogP contribution in [0.2, 0.25) is 0 Å². The highest BCUT2D eigenvalue weighted by molar-refractivity contribution is 8.01. The summed E-state index contributed by atoms with van der Waals surface area (Å²) in [5.41, 5.74) is 0.184. The van der Waals surface area contributed by atoms with Crippen LogP contribution in [0.3, 0.4) is 0 Å². The molecular weight excluding hydrogens is 299 g/mol. The summed E-state index contributed by atoms with van der Waals surface area (Å²) in [5, 5.41) is 14.2. The van der Waals surface area contributed by atoms with Crippen LogP contribution < -0.4 is 10.6 Å². The second-order valence-electron chi connectivity index (χ2n) is 3.72. The molecule has 0 fully saturated rings. The molecule has 0 aliphatic carbocycles. The summed E-state index contributed by atoms with van der Waals surface area (Å²) in [6.45, 7) is 2.74. The van der Waals surface area contributed by atoms with Crippen LogP contribution in [0, 0.1) is 5.82 Å². The van der Waals surface area contributed by atoms with Crippen molar-refractivity contribution < 1.29 is 9.18 Å². The van der Waals surface area contributed by atoms with E-state index in [1.165, 1.54) is 35.2 Å². The van der Waals surface area contributed by atoms with Crippen LogP contribution in [0.1, 0.15) is 6.92 Å². The maximum atomic E-state index is 13.4. The topological polar surface area (TPSA) is 66.9 Å². The molecule has 0 atom stereocenters. The van der Waals surface area contributed by atoms with Crippen molar-refractivity contribution in [3.8, 4) is 0 Å². The van der Waals surface area contributed by atoms with E-state index < -0.39 is 5.82 Å². The summed E-state index contributed by atoms with van der Waals surface area (Å²) < 4.78 is 14.0. The van der Waals surface area contributed by atoms with E-state index >= 15 is 0 Å². The Kier molecular flexibility index (Phi) is 5.31. The zero-order valence-electron chi connectivity index (χ0n) is 10.7. The Morgan fingerprint density at radius 3 is 2.95 bits per heavy atom. The Morgan fingerprint density at radius 2 is 2.20 bits per heavy atom. The SMILES string of the molecule is CCNc1nnc(SCC(=O)Nc2ccccc2F)s1. The van der Waals surface area contributed by atoms with Gasteiger partial charge in [0.25, 0.3) is 0 Å². The molecule has 1 aromatic carbocycles. The van der Waals surface area contributed by atoms with Crippen molar-refractivity contribution >= 4 is 39.8 Å². The number of nitrogens with zero attached hydrogens (tertiary/aromatic N) is 2. The van der Waals surface area contributed by atoms with Gasteiger partial charge in [0.1, 0.15) is 5.82 Å². The first-order valence-electron chi connectivity index (χ1n) is 5.93. The number of thioether (sulfide) groups is 1. The second kappa shape index (κ2) is 7.20. The van der Waals surface area contributed by atoms with Gasteiger partial charge < -0.3 is 10.6 Å². The van der Waals surface area contributed by atoms with E-state index in [1.807, 2.05) is 6.92 Å². The van der Waals surface area contributed by atoms with Crippen LogP contribution in [0.15, 0.2) is 28.6 Å². The molecule has 0 saturated heterocycles. The van der Waals surface area contributed by atoms with E-state index in [0.717, 1.165) is 11.7 Å². The van der Waals surface area contributed by atoms with E-state index in [2.05, 4.69) is 20.8 Å². The van der Waals surface area contributed by atoms with Crippen molar-refractivity contribution in [1.29, 1.82) is 0 Å². The normalized spacial score (nSPS) is 10.3. The van der Waals surface area contributed by atoms with E-state index in [1.54, 1.807) is 12.1 Å². The number of halogens is 1. The molecular formula is C12H13FN4OS2. The minimum atomic E-state index is -0.448. The smallest absolute Gasteiger partial charge is 0.234 e. The van der Waals surface area contributed by atoms with E-state index in [9.17, 15) is 9.18 Å². The number of para-hydroxylation sites is 1. The van der Waals surface area contributed by atoms with Gasteiger partial charge in [-0.1, -0.05) is 35.2 Å². The summed E-state index contributed by atoms with van der Waals surface area (Å²) >= 11 is 2.66. The summed E-state index contributed by atoms with van der Waals surface area (Å²) in [6.07, 6.45) is 0. The van der Waals surface area contributed by atoms with Gasteiger partial charge in [-0.2, -0.15) is 0 Å². The van der Waals surface area contributed by atoms with Gasteiger partial charge in [0.15, 0.2) is 4.34 Å². The van der Waals surface area contributed by atoms with Crippen molar-refractivity contribution in [2.75, 3.05) is 22.9 Å². The third-order valence-corrected chi connectivity index (χ3v) is 4.22. The summed E-state index contributed by atoms with van der Waals surface area (Å²) in [4.78, 5) is 11.7. The summed E-state index contributed by atoms with van der Waals surface area (Å²) in [6, 6.07) is 6.06. The molecule has 1 amide bonds. The number of carbonyl (C=O) groups excluding carboxylic acids is 1. The average molecular weight is 312 g/mol. The molecule has 106 valence electrons. The van der Waals surface area contributed by atoms with Crippen molar-refractivity contribution in [3.05, 3.63) is 30.1 Å². The van der Waals surface area contributed by atoms with Crippen LogP contribution in [0.5, 0.6) is 0 Å². The molecule has 0 radical (unpaired) electrons. The first-order valence-corrected chi connectivity index (χ1v) is 7.74. The fourth-order valence-electron chi connectivity index (χ4n) is 1.37. The van der Waals surface area contributed by atoms with E-state index in [4.69, 9.17) is 0 Å². The van der Waals surface area contributed by atoms with Gasteiger partial charge in [0, 0.05) is 6.54 Å². The van der Waals surface area contributed by atoms with Crippen LogP contribution in [-0.2, 0) is 4.79 Å². The number of amides is 1. The van der Waals surface area contributed by atoms with Crippen molar-refractivity contribution in [3.63, 3.8) is 0 Å². The van der Waals surface area contributed by atoms with Crippen LogP contribution in [0.25, 0.3) is 0 Å². The molecule has 2 N–H and O–H groups in total. The zero-order chi connectivity index (χ0) is 14.4. The van der Waals surface area contributed by atoms with Gasteiger partial charge in [0.05, 0.1) is 11.4 Å². The number of rotatable bonds is 6. The van der Waals surface area contributed by atoms with Gasteiger partial charge in [-0.3, -0.25) is 4.79 Å². The standard InChI is InChI=1S/C12H13FN4OS2/c1-2-14-11-16-17-12(20-11)19-7-10(18)15-9-6-4-3-5-8(9)13/h3-6H,2,7H2,1H3,(H,14,16)(H,15,18). The van der Waals surface area contributed by atoms with Crippen LogP contribution in [-0.4, -0.2) is 28.4 Å². The fraction of sp³-hybridized carbons (Fsp3) is 0.250. The Balaban J connectivity index is 1.84. The van der Waals surface area contributed by atoms with Crippen molar-refractivity contribution in [2.24, 2.45) is 0 Å². The Morgan fingerprint density at radius 1 is 1.40 bits per heavy atom. The molecule has 0 spiro atoms. The lowest BCUT2D eigenvalue weighted by Gasteiger charge is -2.04. The number of aromatic nitrogens is 2. The number of hydrogen-bond acceptors (Lipinski definition) is 6. The predicted molar refractivity (Wildman–Crippen MR) is 79.8 cm³/mol. The van der Waals surface area contributed by atoms with E-state index in [-0.39, 0.29) is 17.3 Å². The van der Waals surface area contributed by atoms with Gasteiger partial charge in [-0.15, -0.1) is 10.2 Å². The second-order valence-corrected chi connectivity index (χ2v) is 5.92. The Hall–Kier alpha value is -1.67. The number of benzene rings is 1. The molecule has 1 heterocycles.